The Morgan fingerprint density at radius 3 is 2.45 bits per heavy atom. The first kappa shape index (κ1) is 25.3. The first-order valence-corrected chi connectivity index (χ1v) is 11.6. The highest BCUT2D eigenvalue weighted by atomic mass is 79.9. The molecular weight excluding hydrogens is 461 g/mol. The molecule has 0 unspecified atom stereocenters. The third-order valence-corrected chi connectivity index (χ3v) is 5.81. The topological polar surface area (TPSA) is 47.6 Å². The van der Waals surface area contributed by atoms with Gasteiger partial charge in [-0.25, -0.2) is 9.18 Å². The summed E-state index contributed by atoms with van der Waals surface area (Å²) in [7, 11) is 0. The second-order valence-electron chi connectivity index (χ2n) is 8.64. The summed E-state index contributed by atoms with van der Waals surface area (Å²) in [5.74, 6) is 0.0292. The van der Waals surface area contributed by atoms with E-state index in [1.807, 2.05) is 19.9 Å². The number of hydrogen-bond acceptors (Lipinski definition) is 4. The molecule has 170 valence electrons. The average molecular weight is 494 g/mol. The van der Waals surface area contributed by atoms with E-state index in [0.717, 1.165) is 19.4 Å². The van der Waals surface area contributed by atoms with Gasteiger partial charge in [-0.1, -0.05) is 45.4 Å². The first-order valence-electron chi connectivity index (χ1n) is 10.8. The van der Waals surface area contributed by atoms with Crippen molar-refractivity contribution in [1.29, 1.82) is 0 Å². The van der Waals surface area contributed by atoms with Crippen LogP contribution >= 0.6 is 15.9 Å². The highest BCUT2D eigenvalue weighted by Crippen LogP contribution is 2.42. The normalized spacial score (nSPS) is 11.6. The average Bonchev–Trinajstić information content (AvgIpc) is 2.71. The van der Waals surface area contributed by atoms with E-state index in [4.69, 9.17) is 9.47 Å². The van der Waals surface area contributed by atoms with Crippen LogP contribution in [-0.4, -0.2) is 19.1 Å². The Hall–Kier alpha value is -1.92. The number of para-hydroxylation sites is 1. The zero-order valence-electron chi connectivity index (χ0n) is 19.3. The molecule has 1 N–H and O–H groups in total. The van der Waals surface area contributed by atoms with Crippen LogP contribution in [0, 0.1) is 18.7 Å². The highest BCUT2D eigenvalue weighted by molar-refractivity contribution is 9.10. The first-order chi connectivity index (χ1) is 14.6. The fraction of sp³-hybridized carbons (Fsp3) is 0.480. The number of benzene rings is 2. The molecule has 0 saturated heterocycles. The van der Waals surface area contributed by atoms with Gasteiger partial charge in [-0.15, -0.1) is 0 Å². The standard InChI is InChI=1S/C25H33BrFNO3/c1-7-8-14-30-23-19(24(29)31-18-12-10-9-11-13-18)17(4)22(27)20(21(23)26)25(5,6)28-15-16(2)3/h9-13,16,28H,7-8,14-15H2,1-6H3. The van der Waals surface area contributed by atoms with Crippen molar-refractivity contribution in [3.8, 4) is 11.5 Å². The molecule has 0 saturated carbocycles. The minimum absolute atomic E-state index is 0.104. The summed E-state index contributed by atoms with van der Waals surface area (Å²) in [5.41, 5.74) is 0.0778. The van der Waals surface area contributed by atoms with Crippen LogP contribution in [0.1, 0.15) is 68.9 Å². The zero-order valence-corrected chi connectivity index (χ0v) is 20.9. The van der Waals surface area contributed by atoms with Crippen LogP contribution in [0.5, 0.6) is 11.5 Å². The molecule has 0 fully saturated rings. The SMILES string of the molecule is CCCCOc1c(Br)c(C(C)(C)NCC(C)C)c(F)c(C)c1C(=O)Oc1ccccc1. The minimum atomic E-state index is -0.678. The van der Waals surface area contributed by atoms with Crippen LogP contribution < -0.4 is 14.8 Å². The van der Waals surface area contributed by atoms with Gasteiger partial charge in [0.2, 0.25) is 0 Å². The smallest absolute Gasteiger partial charge is 0.347 e. The maximum atomic E-state index is 15.7. The highest BCUT2D eigenvalue weighted by Gasteiger charge is 2.34. The molecule has 0 heterocycles. The van der Waals surface area contributed by atoms with Gasteiger partial charge in [0.25, 0.3) is 0 Å². The molecule has 0 radical (unpaired) electrons. The summed E-state index contributed by atoms with van der Waals surface area (Å²) in [4.78, 5) is 13.1. The number of nitrogens with one attached hydrogen (secondary N) is 1. The molecule has 0 aliphatic rings. The van der Waals surface area contributed by atoms with Crippen molar-refractivity contribution >= 4 is 21.9 Å². The van der Waals surface area contributed by atoms with Crippen LogP contribution in [0.4, 0.5) is 4.39 Å². The van der Waals surface area contributed by atoms with E-state index in [1.54, 1.807) is 31.2 Å². The van der Waals surface area contributed by atoms with Gasteiger partial charge < -0.3 is 14.8 Å². The third-order valence-electron chi connectivity index (χ3n) is 5.05. The number of unbranched alkanes of at least 4 members (excludes halogenated alkanes) is 1. The molecule has 2 aromatic carbocycles. The van der Waals surface area contributed by atoms with Crippen molar-refractivity contribution in [1.82, 2.24) is 5.32 Å². The van der Waals surface area contributed by atoms with Gasteiger partial charge in [0.1, 0.15) is 22.9 Å². The van der Waals surface area contributed by atoms with Crippen molar-refractivity contribution in [3.63, 3.8) is 0 Å². The second kappa shape index (κ2) is 11.1. The van der Waals surface area contributed by atoms with Crippen molar-refractivity contribution in [3.05, 3.63) is 57.3 Å². The fourth-order valence-corrected chi connectivity index (χ4v) is 4.21. The Kier molecular flexibility index (Phi) is 9.07. The fourth-order valence-electron chi connectivity index (χ4n) is 3.23. The van der Waals surface area contributed by atoms with Gasteiger partial charge in [0, 0.05) is 16.7 Å². The Labute approximate surface area is 193 Å². The Balaban J connectivity index is 2.57. The molecular formula is C25H33BrFNO3. The van der Waals surface area contributed by atoms with Crippen LogP contribution in [0.2, 0.25) is 0 Å². The number of rotatable bonds is 10. The lowest BCUT2D eigenvalue weighted by Crippen LogP contribution is -2.40. The quantitative estimate of drug-likeness (QED) is 0.225. The molecule has 0 aromatic heterocycles. The lowest BCUT2D eigenvalue weighted by Gasteiger charge is -2.31. The molecule has 4 nitrogen and oxygen atoms in total. The van der Waals surface area contributed by atoms with Crippen molar-refractivity contribution < 1.29 is 18.7 Å². The maximum absolute atomic E-state index is 15.7. The largest absolute Gasteiger partial charge is 0.491 e. The summed E-state index contributed by atoms with van der Waals surface area (Å²) < 4.78 is 27.7. The molecule has 2 rings (SSSR count). The van der Waals surface area contributed by atoms with E-state index in [1.165, 1.54) is 0 Å². The van der Waals surface area contributed by atoms with Gasteiger partial charge in [-0.05, 0) is 67.7 Å². The van der Waals surface area contributed by atoms with Gasteiger partial charge >= 0.3 is 5.97 Å². The monoisotopic (exact) mass is 493 g/mol. The molecule has 0 amide bonds. The number of halogens is 2. The Morgan fingerprint density at radius 1 is 1.23 bits per heavy atom. The molecule has 0 atom stereocenters. The molecule has 0 spiro atoms. The number of hydrogen-bond donors (Lipinski definition) is 1. The zero-order chi connectivity index (χ0) is 23.2. The summed E-state index contributed by atoms with van der Waals surface area (Å²) in [6.45, 7) is 12.9. The number of ether oxygens (including phenoxy) is 2. The van der Waals surface area contributed by atoms with E-state index in [2.05, 4.69) is 42.0 Å². The lowest BCUT2D eigenvalue weighted by atomic mass is 9.89. The van der Waals surface area contributed by atoms with Crippen LogP contribution in [-0.2, 0) is 5.54 Å². The predicted molar refractivity (Wildman–Crippen MR) is 127 cm³/mol. The van der Waals surface area contributed by atoms with Crippen molar-refractivity contribution in [2.45, 2.75) is 59.9 Å². The van der Waals surface area contributed by atoms with Gasteiger partial charge in [0.05, 0.1) is 11.1 Å². The third kappa shape index (κ3) is 6.30. The summed E-state index contributed by atoms with van der Waals surface area (Å²) in [6, 6.07) is 8.75. The van der Waals surface area contributed by atoms with Gasteiger partial charge in [-0.2, -0.15) is 0 Å². The van der Waals surface area contributed by atoms with Crippen LogP contribution in [0.25, 0.3) is 0 Å². The van der Waals surface area contributed by atoms with Crippen molar-refractivity contribution in [2.75, 3.05) is 13.2 Å². The Bertz CT molecular complexity index is 898. The van der Waals surface area contributed by atoms with Crippen molar-refractivity contribution in [2.24, 2.45) is 5.92 Å². The van der Waals surface area contributed by atoms with Gasteiger partial charge in [0.15, 0.2) is 0 Å². The maximum Gasteiger partial charge on any atom is 0.347 e. The van der Waals surface area contributed by atoms with Crippen LogP contribution in [0.15, 0.2) is 34.8 Å². The van der Waals surface area contributed by atoms with Crippen LogP contribution in [0.3, 0.4) is 0 Å². The summed E-state index contributed by atoms with van der Waals surface area (Å²) >= 11 is 3.55. The number of carbonyl (C=O) groups excluding carboxylic acids is 1. The van der Waals surface area contributed by atoms with E-state index >= 15 is 4.39 Å². The van der Waals surface area contributed by atoms with E-state index in [9.17, 15) is 4.79 Å². The summed E-state index contributed by atoms with van der Waals surface area (Å²) in [5, 5.41) is 3.42. The number of esters is 1. The molecule has 31 heavy (non-hydrogen) atoms. The summed E-state index contributed by atoms with van der Waals surface area (Å²) in [6.07, 6.45) is 1.76. The Morgan fingerprint density at radius 2 is 1.87 bits per heavy atom. The van der Waals surface area contributed by atoms with Gasteiger partial charge in [-0.3, -0.25) is 0 Å². The number of carbonyl (C=O) groups is 1. The predicted octanol–water partition coefficient (Wildman–Crippen LogP) is 6.78. The minimum Gasteiger partial charge on any atom is -0.491 e. The van der Waals surface area contributed by atoms with E-state index in [-0.39, 0.29) is 11.1 Å². The molecule has 0 bridgehead atoms. The molecule has 0 aliphatic heterocycles. The van der Waals surface area contributed by atoms with E-state index in [0.29, 0.717) is 34.1 Å². The van der Waals surface area contributed by atoms with E-state index < -0.39 is 17.3 Å². The second-order valence-corrected chi connectivity index (χ2v) is 9.43. The molecule has 0 aliphatic carbocycles. The molecule has 6 heteroatoms. The lowest BCUT2D eigenvalue weighted by molar-refractivity contribution is 0.0728. The molecule has 2 aromatic rings.